The van der Waals surface area contributed by atoms with Crippen molar-refractivity contribution in [1.82, 2.24) is 0 Å². The lowest BCUT2D eigenvalue weighted by atomic mass is 9.94. The fourth-order valence-corrected chi connectivity index (χ4v) is 6.51. The second-order valence-electron chi connectivity index (χ2n) is 14.9. The zero-order chi connectivity index (χ0) is 36.1. The fourth-order valence-electron chi connectivity index (χ4n) is 6.51. The number of aliphatic hydroxyl groups excluding tert-OH is 2. The molecule has 0 heterocycles. The Morgan fingerprint density at radius 2 is 0.878 bits per heavy atom. The van der Waals surface area contributed by atoms with Crippen LogP contribution in [0.15, 0.2) is 12.2 Å². The summed E-state index contributed by atoms with van der Waals surface area (Å²) in [5, 5.41) is 29.1. The molecular weight excluding hydrogens is 612 g/mol. The summed E-state index contributed by atoms with van der Waals surface area (Å²) < 4.78 is 5.70. The van der Waals surface area contributed by atoms with E-state index in [1.807, 2.05) is 0 Å². The highest BCUT2D eigenvalue weighted by molar-refractivity contribution is 5.88. The highest BCUT2D eigenvalue weighted by atomic mass is 16.5. The van der Waals surface area contributed by atoms with Crippen molar-refractivity contribution in [3.05, 3.63) is 12.2 Å². The smallest absolute Gasteiger partial charge is 0.306 e. The molecule has 1 unspecified atom stereocenters. The molecule has 0 bridgehead atoms. The first-order valence-electron chi connectivity index (χ1n) is 21.2. The van der Waals surface area contributed by atoms with Gasteiger partial charge in [-0.1, -0.05) is 180 Å². The third-order valence-electron chi connectivity index (χ3n) is 10.0. The zero-order valence-corrected chi connectivity index (χ0v) is 32.5. The molecule has 1 atom stereocenters. The molecule has 290 valence electrons. The number of unbranched alkanes of at least 4 members (excludes halogenated alkanes) is 27. The van der Waals surface area contributed by atoms with Gasteiger partial charge in [-0.3, -0.25) is 9.59 Å². The summed E-state index contributed by atoms with van der Waals surface area (Å²) in [5.74, 6) is -0.990. The maximum absolute atomic E-state index is 12.6. The van der Waals surface area contributed by atoms with Crippen LogP contribution < -0.4 is 0 Å². The van der Waals surface area contributed by atoms with Gasteiger partial charge in [0.25, 0.3) is 0 Å². The molecule has 3 N–H and O–H groups in total. The average molecular weight is 695 g/mol. The number of ketones is 1. The average Bonchev–Trinajstić information content (AvgIpc) is 3.10. The predicted octanol–water partition coefficient (Wildman–Crippen LogP) is 11.7. The van der Waals surface area contributed by atoms with E-state index in [1.165, 1.54) is 141 Å². The van der Waals surface area contributed by atoms with Gasteiger partial charge in [0.2, 0.25) is 0 Å². The highest BCUT2D eigenvalue weighted by Gasteiger charge is 2.36. The molecule has 0 aromatic rings. The van der Waals surface area contributed by atoms with Gasteiger partial charge in [-0.05, 0) is 44.9 Å². The molecule has 0 spiro atoms. The van der Waals surface area contributed by atoms with E-state index in [0.717, 1.165) is 51.4 Å². The quantitative estimate of drug-likeness (QED) is 0.0336. The molecule has 0 aromatic heterocycles. The standard InChI is InChI=1S/C43H82O6/c1-3-5-7-9-11-13-15-17-18-19-20-21-22-24-26-28-30-32-34-36-42(47)49-40(37-41(46)43(48,38-44)39-45)35-33-31-29-27-25-23-16-14-12-10-8-6-4-2/h23,25,40,44-45,48H,3-22,24,26-39H2,1-2H3/b25-23-. The van der Waals surface area contributed by atoms with Crippen molar-refractivity contribution in [2.45, 2.75) is 237 Å². The first-order chi connectivity index (χ1) is 23.9. The number of hydrogen-bond acceptors (Lipinski definition) is 6. The van der Waals surface area contributed by atoms with Crippen LogP contribution in [0.5, 0.6) is 0 Å². The van der Waals surface area contributed by atoms with Gasteiger partial charge in [0.15, 0.2) is 11.4 Å². The van der Waals surface area contributed by atoms with Gasteiger partial charge in [0.05, 0.1) is 13.2 Å². The number of carbonyl (C=O) groups excluding carboxylic acids is 2. The van der Waals surface area contributed by atoms with Crippen molar-refractivity contribution in [3.63, 3.8) is 0 Å². The largest absolute Gasteiger partial charge is 0.462 e. The first-order valence-corrected chi connectivity index (χ1v) is 21.2. The van der Waals surface area contributed by atoms with Crippen molar-refractivity contribution >= 4 is 11.8 Å². The van der Waals surface area contributed by atoms with Crippen LogP contribution in [0.4, 0.5) is 0 Å². The van der Waals surface area contributed by atoms with Crippen molar-refractivity contribution in [2.75, 3.05) is 13.2 Å². The van der Waals surface area contributed by atoms with Crippen LogP contribution in [0.3, 0.4) is 0 Å². The third-order valence-corrected chi connectivity index (χ3v) is 10.0. The number of carbonyl (C=O) groups is 2. The SMILES string of the molecule is CCCCCCCC/C=C\CCCCCC(CC(=O)C(O)(CO)CO)OC(=O)CCCCCCCCCCCCCCCCCCCCC. The van der Waals surface area contributed by atoms with Crippen LogP contribution in [0, 0.1) is 0 Å². The summed E-state index contributed by atoms with van der Waals surface area (Å²) in [7, 11) is 0. The minimum Gasteiger partial charge on any atom is -0.462 e. The van der Waals surface area contributed by atoms with Gasteiger partial charge < -0.3 is 20.1 Å². The lowest BCUT2D eigenvalue weighted by Gasteiger charge is -2.25. The Morgan fingerprint density at radius 3 is 1.27 bits per heavy atom. The van der Waals surface area contributed by atoms with Gasteiger partial charge in [0, 0.05) is 12.8 Å². The van der Waals surface area contributed by atoms with Gasteiger partial charge in [-0.25, -0.2) is 0 Å². The van der Waals surface area contributed by atoms with Crippen molar-refractivity contribution in [1.29, 1.82) is 0 Å². The second kappa shape index (κ2) is 36.5. The minimum atomic E-state index is -2.20. The summed E-state index contributed by atoms with van der Waals surface area (Å²) in [6, 6.07) is 0. The molecule has 0 fully saturated rings. The monoisotopic (exact) mass is 695 g/mol. The molecule has 0 saturated heterocycles. The molecule has 6 heteroatoms. The van der Waals surface area contributed by atoms with Gasteiger partial charge in [0.1, 0.15) is 6.10 Å². The molecule has 0 radical (unpaired) electrons. The molecule has 0 aliphatic carbocycles. The Bertz CT molecular complexity index is 747. The van der Waals surface area contributed by atoms with E-state index < -0.39 is 30.7 Å². The van der Waals surface area contributed by atoms with Gasteiger partial charge in [-0.2, -0.15) is 0 Å². The van der Waals surface area contributed by atoms with E-state index in [1.54, 1.807) is 0 Å². The van der Waals surface area contributed by atoms with Crippen molar-refractivity contribution < 1.29 is 29.6 Å². The van der Waals surface area contributed by atoms with Crippen LogP contribution in [0.1, 0.15) is 226 Å². The number of ether oxygens (including phenoxy) is 1. The molecule has 49 heavy (non-hydrogen) atoms. The summed E-state index contributed by atoms with van der Waals surface area (Å²) in [6.07, 6.45) is 42.2. The van der Waals surface area contributed by atoms with Gasteiger partial charge >= 0.3 is 5.97 Å². The molecule has 0 saturated carbocycles. The molecule has 6 nitrogen and oxygen atoms in total. The predicted molar refractivity (Wildman–Crippen MR) is 207 cm³/mol. The number of rotatable bonds is 39. The lowest BCUT2D eigenvalue weighted by Crippen LogP contribution is -2.47. The summed E-state index contributed by atoms with van der Waals surface area (Å²) in [5.41, 5.74) is -2.20. The number of esters is 1. The number of allylic oxidation sites excluding steroid dienone is 2. The van der Waals surface area contributed by atoms with Crippen LogP contribution >= 0.6 is 0 Å². The molecule has 0 amide bonds. The Balaban J connectivity index is 4.05. The van der Waals surface area contributed by atoms with Crippen molar-refractivity contribution in [2.24, 2.45) is 0 Å². The summed E-state index contributed by atoms with van der Waals surface area (Å²) >= 11 is 0. The summed E-state index contributed by atoms with van der Waals surface area (Å²) in [6.45, 7) is 2.81. The normalized spacial score (nSPS) is 12.6. The highest BCUT2D eigenvalue weighted by Crippen LogP contribution is 2.19. The minimum absolute atomic E-state index is 0.194. The van der Waals surface area contributed by atoms with E-state index in [0.29, 0.717) is 12.8 Å². The Morgan fingerprint density at radius 1 is 0.531 bits per heavy atom. The van der Waals surface area contributed by atoms with Crippen LogP contribution in [-0.2, 0) is 14.3 Å². The van der Waals surface area contributed by atoms with Gasteiger partial charge in [-0.15, -0.1) is 0 Å². The molecular formula is C43H82O6. The fraction of sp³-hybridized carbons (Fsp3) is 0.907. The van der Waals surface area contributed by atoms with E-state index in [9.17, 15) is 24.9 Å². The molecule has 0 aliphatic rings. The third kappa shape index (κ3) is 31.2. The van der Waals surface area contributed by atoms with Crippen molar-refractivity contribution in [3.8, 4) is 0 Å². The topological polar surface area (TPSA) is 104 Å². The van der Waals surface area contributed by atoms with Crippen LogP contribution in [0.2, 0.25) is 0 Å². The number of Topliss-reactive ketones (excluding diaryl/α,β-unsaturated/α-hetero) is 1. The molecule has 0 aromatic carbocycles. The van der Waals surface area contributed by atoms with E-state index in [-0.39, 0.29) is 12.4 Å². The zero-order valence-electron chi connectivity index (χ0n) is 32.5. The number of hydrogen-bond donors (Lipinski definition) is 3. The Labute approximate surface area is 303 Å². The molecule has 0 aliphatic heterocycles. The first kappa shape index (κ1) is 47.8. The maximum Gasteiger partial charge on any atom is 0.306 e. The number of aliphatic hydroxyl groups is 3. The Hall–Kier alpha value is -1.24. The van der Waals surface area contributed by atoms with E-state index in [4.69, 9.17) is 4.74 Å². The van der Waals surface area contributed by atoms with Crippen LogP contribution in [0.25, 0.3) is 0 Å². The lowest BCUT2D eigenvalue weighted by molar-refractivity contribution is -0.156. The van der Waals surface area contributed by atoms with Crippen LogP contribution in [-0.4, -0.2) is 52.0 Å². The molecule has 0 rings (SSSR count). The van der Waals surface area contributed by atoms with E-state index >= 15 is 0 Å². The van der Waals surface area contributed by atoms with E-state index in [2.05, 4.69) is 26.0 Å². The second-order valence-corrected chi connectivity index (χ2v) is 14.9. The maximum atomic E-state index is 12.6. The Kier molecular flexibility index (Phi) is 35.6. The summed E-state index contributed by atoms with van der Waals surface area (Å²) in [4.78, 5) is 25.3.